The lowest BCUT2D eigenvalue weighted by Crippen LogP contribution is -2.51. The van der Waals surface area contributed by atoms with Gasteiger partial charge in [-0.25, -0.2) is 4.79 Å². The molecular formula is C11H15N3O3. The average Bonchev–Trinajstić information content (AvgIpc) is 2.87. The summed E-state index contributed by atoms with van der Waals surface area (Å²) < 4.78 is 0. The summed E-state index contributed by atoms with van der Waals surface area (Å²) in [6.45, 7) is 2.11. The first-order chi connectivity index (χ1) is 8.04. The van der Waals surface area contributed by atoms with Crippen molar-refractivity contribution in [1.82, 2.24) is 15.1 Å². The fourth-order valence-corrected chi connectivity index (χ4v) is 2.23. The van der Waals surface area contributed by atoms with E-state index in [1.54, 1.807) is 19.2 Å². The van der Waals surface area contributed by atoms with Gasteiger partial charge in [0.2, 0.25) is 5.91 Å². The number of H-pyrrole nitrogens is 1. The van der Waals surface area contributed by atoms with Gasteiger partial charge in [-0.15, -0.1) is 0 Å². The maximum atomic E-state index is 12.0. The molecule has 0 radical (unpaired) electrons. The summed E-state index contributed by atoms with van der Waals surface area (Å²) in [7, 11) is 0. The van der Waals surface area contributed by atoms with Crippen LogP contribution < -0.4 is 0 Å². The number of carboxylic acids is 1. The number of carboxylic acid groups (broad SMARTS) is 1. The second kappa shape index (κ2) is 4.20. The van der Waals surface area contributed by atoms with Crippen LogP contribution in [-0.2, 0) is 16.0 Å². The lowest BCUT2D eigenvalue weighted by Gasteiger charge is -2.31. The Labute approximate surface area is 98.6 Å². The molecule has 6 nitrogen and oxygen atoms in total. The fourth-order valence-electron chi connectivity index (χ4n) is 2.23. The molecule has 1 aliphatic rings. The number of likely N-dealkylation sites (tertiary alicyclic amines) is 1. The van der Waals surface area contributed by atoms with Crippen molar-refractivity contribution in [2.24, 2.45) is 0 Å². The van der Waals surface area contributed by atoms with Gasteiger partial charge >= 0.3 is 5.97 Å². The van der Waals surface area contributed by atoms with Gasteiger partial charge < -0.3 is 10.0 Å². The molecule has 0 spiro atoms. The number of aromatic amines is 1. The summed E-state index contributed by atoms with van der Waals surface area (Å²) in [5.74, 6) is -1.11. The quantitative estimate of drug-likeness (QED) is 0.797. The van der Waals surface area contributed by atoms with Gasteiger partial charge in [0.15, 0.2) is 0 Å². The third-order valence-electron chi connectivity index (χ3n) is 3.30. The van der Waals surface area contributed by atoms with E-state index < -0.39 is 11.5 Å². The zero-order valence-corrected chi connectivity index (χ0v) is 9.64. The number of amides is 1. The molecule has 1 fully saturated rings. The Bertz CT molecular complexity index is 429. The van der Waals surface area contributed by atoms with Crippen LogP contribution in [0.25, 0.3) is 0 Å². The fraction of sp³-hybridized carbons (Fsp3) is 0.545. The Hall–Kier alpha value is -1.85. The third kappa shape index (κ3) is 2.02. The lowest BCUT2D eigenvalue weighted by molar-refractivity contribution is -0.155. The molecule has 6 heteroatoms. The Morgan fingerprint density at radius 3 is 3.00 bits per heavy atom. The van der Waals surface area contributed by atoms with E-state index >= 15 is 0 Å². The van der Waals surface area contributed by atoms with Crippen LogP contribution in [0.2, 0.25) is 0 Å². The number of nitrogens with zero attached hydrogens (tertiary/aromatic N) is 2. The van der Waals surface area contributed by atoms with Crippen LogP contribution in [-0.4, -0.2) is 44.2 Å². The normalized spacial score (nSPS) is 23.9. The monoisotopic (exact) mass is 237 g/mol. The number of nitrogens with one attached hydrogen (secondary N) is 1. The zero-order valence-electron chi connectivity index (χ0n) is 9.64. The Kier molecular flexibility index (Phi) is 2.87. The first-order valence-corrected chi connectivity index (χ1v) is 5.56. The molecule has 92 valence electrons. The van der Waals surface area contributed by atoms with E-state index in [1.807, 2.05) is 0 Å². The summed E-state index contributed by atoms with van der Waals surface area (Å²) in [6.07, 6.45) is 2.99. The van der Waals surface area contributed by atoms with Crippen LogP contribution in [0.15, 0.2) is 12.3 Å². The number of hydrogen-bond acceptors (Lipinski definition) is 3. The predicted octanol–water partition coefficient (Wildman–Crippen LogP) is 0.418. The van der Waals surface area contributed by atoms with Crippen molar-refractivity contribution < 1.29 is 14.7 Å². The van der Waals surface area contributed by atoms with Gasteiger partial charge in [0.05, 0.1) is 6.42 Å². The van der Waals surface area contributed by atoms with Crippen LogP contribution in [0.5, 0.6) is 0 Å². The minimum atomic E-state index is -1.06. The minimum Gasteiger partial charge on any atom is -0.480 e. The molecule has 1 aliphatic heterocycles. The van der Waals surface area contributed by atoms with Crippen molar-refractivity contribution in [3.8, 4) is 0 Å². The molecule has 1 saturated heterocycles. The van der Waals surface area contributed by atoms with E-state index in [-0.39, 0.29) is 12.3 Å². The van der Waals surface area contributed by atoms with Crippen LogP contribution in [0, 0.1) is 0 Å². The molecule has 1 unspecified atom stereocenters. The molecule has 1 amide bonds. The number of aliphatic carboxylic acids is 1. The van der Waals surface area contributed by atoms with Gasteiger partial charge in [0.25, 0.3) is 0 Å². The van der Waals surface area contributed by atoms with E-state index in [0.717, 1.165) is 6.42 Å². The second-order valence-electron chi connectivity index (χ2n) is 4.49. The second-order valence-corrected chi connectivity index (χ2v) is 4.49. The Morgan fingerprint density at radius 1 is 1.65 bits per heavy atom. The van der Waals surface area contributed by atoms with Crippen molar-refractivity contribution >= 4 is 11.9 Å². The topological polar surface area (TPSA) is 86.3 Å². The summed E-state index contributed by atoms with van der Waals surface area (Å²) in [4.78, 5) is 24.7. The first kappa shape index (κ1) is 11.6. The van der Waals surface area contributed by atoms with Gasteiger partial charge in [0, 0.05) is 18.4 Å². The van der Waals surface area contributed by atoms with Crippen molar-refractivity contribution in [3.63, 3.8) is 0 Å². The van der Waals surface area contributed by atoms with E-state index in [9.17, 15) is 14.7 Å². The zero-order chi connectivity index (χ0) is 12.5. The highest BCUT2D eigenvalue weighted by Gasteiger charge is 2.45. The smallest absolute Gasteiger partial charge is 0.329 e. The maximum Gasteiger partial charge on any atom is 0.329 e. The Morgan fingerprint density at radius 2 is 2.41 bits per heavy atom. The number of carbonyl (C=O) groups excluding carboxylic acids is 1. The van der Waals surface area contributed by atoms with Gasteiger partial charge in [-0.3, -0.25) is 9.89 Å². The van der Waals surface area contributed by atoms with Crippen molar-refractivity contribution in [3.05, 3.63) is 18.0 Å². The Balaban J connectivity index is 2.11. The largest absolute Gasteiger partial charge is 0.480 e. The highest BCUT2D eigenvalue weighted by atomic mass is 16.4. The van der Waals surface area contributed by atoms with Crippen LogP contribution in [0.1, 0.15) is 25.5 Å². The molecule has 2 rings (SSSR count). The molecule has 0 saturated carbocycles. The molecule has 2 N–H and O–H groups in total. The van der Waals surface area contributed by atoms with Gasteiger partial charge in [-0.05, 0) is 25.8 Å². The number of carbonyl (C=O) groups is 2. The molecular weight excluding hydrogens is 222 g/mol. The molecule has 0 aliphatic carbocycles. The van der Waals surface area contributed by atoms with Crippen LogP contribution >= 0.6 is 0 Å². The van der Waals surface area contributed by atoms with E-state index in [2.05, 4.69) is 10.2 Å². The molecule has 1 aromatic rings. The summed E-state index contributed by atoms with van der Waals surface area (Å²) in [5.41, 5.74) is -0.355. The molecule has 1 aromatic heterocycles. The van der Waals surface area contributed by atoms with Gasteiger partial charge in [0.1, 0.15) is 5.54 Å². The van der Waals surface area contributed by atoms with Crippen molar-refractivity contribution in [2.45, 2.75) is 31.7 Å². The molecule has 2 heterocycles. The van der Waals surface area contributed by atoms with Crippen LogP contribution in [0.3, 0.4) is 0 Å². The number of hydrogen-bond donors (Lipinski definition) is 2. The maximum absolute atomic E-state index is 12.0. The number of rotatable bonds is 3. The lowest BCUT2D eigenvalue weighted by atomic mass is 9.99. The molecule has 0 aromatic carbocycles. The van der Waals surface area contributed by atoms with E-state index in [4.69, 9.17) is 0 Å². The molecule has 17 heavy (non-hydrogen) atoms. The third-order valence-corrected chi connectivity index (χ3v) is 3.30. The SMILES string of the molecule is CC1(C(=O)O)CCCN1C(=O)Cc1ccn[nH]1. The summed E-state index contributed by atoms with van der Waals surface area (Å²) >= 11 is 0. The highest BCUT2D eigenvalue weighted by molar-refractivity contribution is 5.88. The van der Waals surface area contributed by atoms with Crippen LogP contribution in [0.4, 0.5) is 0 Å². The molecule has 1 atom stereocenters. The number of aromatic nitrogens is 2. The minimum absolute atomic E-state index is 0.170. The van der Waals surface area contributed by atoms with Gasteiger partial charge in [-0.1, -0.05) is 0 Å². The molecule has 0 bridgehead atoms. The van der Waals surface area contributed by atoms with Gasteiger partial charge in [-0.2, -0.15) is 5.10 Å². The summed E-state index contributed by atoms with van der Waals surface area (Å²) in [5, 5.41) is 15.7. The predicted molar refractivity (Wildman–Crippen MR) is 59.3 cm³/mol. The highest BCUT2D eigenvalue weighted by Crippen LogP contribution is 2.29. The average molecular weight is 237 g/mol. The summed E-state index contributed by atoms with van der Waals surface area (Å²) in [6, 6.07) is 1.71. The van der Waals surface area contributed by atoms with E-state index in [0.29, 0.717) is 18.7 Å². The standard InChI is InChI=1S/C11H15N3O3/c1-11(10(16)17)4-2-6-14(11)9(15)7-8-3-5-12-13-8/h3,5H,2,4,6-7H2,1H3,(H,12,13)(H,16,17). The van der Waals surface area contributed by atoms with Crippen molar-refractivity contribution in [1.29, 1.82) is 0 Å². The first-order valence-electron chi connectivity index (χ1n) is 5.56. The van der Waals surface area contributed by atoms with Crippen molar-refractivity contribution in [2.75, 3.05) is 6.54 Å². The van der Waals surface area contributed by atoms with E-state index in [1.165, 1.54) is 4.90 Å².